The van der Waals surface area contributed by atoms with Crippen LogP contribution in [0.5, 0.6) is 0 Å². The van der Waals surface area contributed by atoms with Crippen LogP contribution in [0.25, 0.3) is 0 Å². The highest BCUT2D eigenvalue weighted by atomic mass is 19.4. The van der Waals surface area contributed by atoms with Crippen molar-refractivity contribution in [3.8, 4) is 12.8 Å². The molecule has 0 N–H and O–H groups in total. The molecule has 0 radical (unpaired) electrons. The first-order valence-electron chi connectivity index (χ1n) is 8.71. The predicted octanol–water partition coefficient (Wildman–Crippen LogP) is 3.50. The van der Waals surface area contributed by atoms with Gasteiger partial charge in [0, 0.05) is 25.6 Å². The van der Waals surface area contributed by atoms with Crippen molar-refractivity contribution in [2.24, 2.45) is 0 Å². The smallest absolute Gasteiger partial charge is 0.333 e. The zero-order valence-corrected chi connectivity index (χ0v) is 15.6. The van der Waals surface area contributed by atoms with E-state index >= 15 is 0 Å². The molecule has 10 heteroatoms. The van der Waals surface area contributed by atoms with Crippen LogP contribution in [0.3, 0.4) is 0 Å². The summed E-state index contributed by atoms with van der Waals surface area (Å²) in [6, 6.07) is 2.24. The van der Waals surface area contributed by atoms with Crippen LogP contribution in [0.15, 0.2) is 12.1 Å². The van der Waals surface area contributed by atoms with E-state index in [-0.39, 0.29) is 44.2 Å². The molecule has 1 aliphatic heterocycles. The SMILES string of the molecule is C#C.Cc1cc(CCCC(=O)N2CCn3c(nnc3C(F)(F)F)C2)c(F)cc1F. The molecule has 2 aromatic rings. The molecule has 0 unspecified atom stereocenters. The van der Waals surface area contributed by atoms with Crippen molar-refractivity contribution in [2.45, 2.75) is 45.5 Å². The van der Waals surface area contributed by atoms with Crippen LogP contribution in [0, 0.1) is 31.4 Å². The van der Waals surface area contributed by atoms with Gasteiger partial charge in [0.15, 0.2) is 5.82 Å². The van der Waals surface area contributed by atoms with Gasteiger partial charge in [-0.3, -0.25) is 4.79 Å². The van der Waals surface area contributed by atoms with E-state index < -0.39 is 23.6 Å². The quantitative estimate of drug-likeness (QED) is 0.569. The number of terminal acetylenes is 1. The normalized spacial score (nSPS) is 13.4. The van der Waals surface area contributed by atoms with Crippen LogP contribution < -0.4 is 0 Å². The number of alkyl halides is 3. The number of fused-ring (bicyclic) bond motifs is 1. The molecule has 0 bridgehead atoms. The highest BCUT2D eigenvalue weighted by Crippen LogP contribution is 2.29. The van der Waals surface area contributed by atoms with E-state index in [1.165, 1.54) is 17.9 Å². The number of aromatic nitrogens is 3. The van der Waals surface area contributed by atoms with Crippen LogP contribution in [-0.4, -0.2) is 32.1 Å². The third kappa shape index (κ3) is 5.10. The van der Waals surface area contributed by atoms with E-state index in [0.717, 1.165) is 10.6 Å². The molecule has 0 aliphatic carbocycles. The third-order valence-electron chi connectivity index (χ3n) is 4.52. The number of rotatable bonds is 4. The second kappa shape index (κ2) is 9.03. The van der Waals surface area contributed by atoms with Gasteiger partial charge in [-0.1, -0.05) is 6.07 Å². The summed E-state index contributed by atoms with van der Waals surface area (Å²) in [6.45, 7) is 1.57. The lowest BCUT2D eigenvalue weighted by Gasteiger charge is -2.28. The minimum Gasteiger partial charge on any atom is -0.333 e. The van der Waals surface area contributed by atoms with Crippen molar-refractivity contribution < 1.29 is 26.7 Å². The average molecular weight is 414 g/mol. The zero-order chi connectivity index (χ0) is 21.8. The number of amides is 1. The van der Waals surface area contributed by atoms with Crippen molar-refractivity contribution >= 4 is 5.91 Å². The predicted molar refractivity (Wildman–Crippen MR) is 94.4 cm³/mol. The second-order valence-electron chi connectivity index (χ2n) is 6.45. The molecule has 5 nitrogen and oxygen atoms in total. The van der Waals surface area contributed by atoms with Crippen LogP contribution in [0.4, 0.5) is 22.0 Å². The van der Waals surface area contributed by atoms with Crippen molar-refractivity contribution in [3.63, 3.8) is 0 Å². The molecule has 3 rings (SSSR count). The lowest BCUT2D eigenvalue weighted by atomic mass is 10.0. The van der Waals surface area contributed by atoms with E-state index in [2.05, 4.69) is 23.0 Å². The lowest BCUT2D eigenvalue weighted by Crippen LogP contribution is -2.39. The van der Waals surface area contributed by atoms with Crippen LogP contribution >= 0.6 is 0 Å². The van der Waals surface area contributed by atoms with Gasteiger partial charge in [0.05, 0.1) is 6.54 Å². The van der Waals surface area contributed by atoms with E-state index in [9.17, 15) is 26.7 Å². The van der Waals surface area contributed by atoms with Gasteiger partial charge in [0.1, 0.15) is 11.6 Å². The Morgan fingerprint density at radius 1 is 1.14 bits per heavy atom. The molecule has 1 amide bonds. The number of hydrogen-bond donors (Lipinski definition) is 0. The topological polar surface area (TPSA) is 51.0 Å². The van der Waals surface area contributed by atoms with Gasteiger partial charge in [-0.15, -0.1) is 23.0 Å². The molecule has 156 valence electrons. The maximum atomic E-state index is 13.7. The molecule has 1 aromatic carbocycles. The number of benzene rings is 1. The number of hydrogen-bond acceptors (Lipinski definition) is 3. The van der Waals surface area contributed by atoms with Gasteiger partial charge in [-0.25, -0.2) is 8.78 Å². The summed E-state index contributed by atoms with van der Waals surface area (Å²) >= 11 is 0. The molecule has 29 heavy (non-hydrogen) atoms. The molecular weight excluding hydrogens is 395 g/mol. The molecule has 2 heterocycles. The standard InChI is InChI=1S/C17H17F5N4O.C2H2/c1-10-7-11(13(19)8-12(10)18)3-2-4-15(27)25-5-6-26-14(9-25)23-24-16(26)17(20,21)22;1-2/h7-8H,2-6,9H2,1H3;1-2H. The molecule has 0 saturated heterocycles. The Labute approximate surface area is 164 Å². The van der Waals surface area contributed by atoms with Crippen molar-refractivity contribution in [1.29, 1.82) is 0 Å². The van der Waals surface area contributed by atoms with E-state index in [1.54, 1.807) is 0 Å². The number of nitrogens with zero attached hydrogens (tertiary/aromatic N) is 4. The minimum absolute atomic E-state index is 0.0330. The van der Waals surface area contributed by atoms with E-state index in [4.69, 9.17) is 0 Å². The fraction of sp³-hybridized carbons (Fsp3) is 0.421. The van der Waals surface area contributed by atoms with Crippen molar-refractivity contribution in [3.05, 3.63) is 46.5 Å². The van der Waals surface area contributed by atoms with Gasteiger partial charge in [-0.2, -0.15) is 13.2 Å². The fourth-order valence-corrected chi connectivity index (χ4v) is 3.08. The highest BCUT2D eigenvalue weighted by molar-refractivity contribution is 5.76. The molecule has 0 saturated carbocycles. The Hall–Kier alpha value is -2.96. The first kappa shape index (κ1) is 22.3. The van der Waals surface area contributed by atoms with Gasteiger partial charge in [0.2, 0.25) is 11.7 Å². The minimum atomic E-state index is -4.59. The Morgan fingerprint density at radius 3 is 2.48 bits per heavy atom. The summed E-state index contributed by atoms with van der Waals surface area (Å²) < 4.78 is 66.4. The summed E-state index contributed by atoms with van der Waals surface area (Å²) in [6.07, 6.45) is 4.13. The van der Waals surface area contributed by atoms with Crippen LogP contribution in [0.2, 0.25) is 0 Å². The summed E-state index contributed by atoms with van der Waals surface area (Å²) in [5, 5.41) is 6.69. The van der Waals surface area contributed by atoms with Gasteiger partial charge >= 0.3 is 6.18 Å². The Morgan fingerprint density at radius 2 is 1.83 bits per heavy atom. The van der Waals surface area contributed by atoms with Gasteiger partial charge in [-0.05, 0) is 30.9 Å². The van der Waals surface area contributed by atoms with Crippen molar-refractivity contribution in [2.75, 3.05) is 6.54 Å². The van der Waals surface area contributed by atoms with E-state index in [0.29, 0.717) is 17.5 Å². The Bertz CT molecular complexity index is 904. The fourth-order valence-electron chi connectivity index (χ4n) is 3.08. The Balaban J connectivity index is 0.00000145. The number of aryl methyl sites for hydroxylation is 2. The molecular formula is C19H19F5N4O. The van der Waals surface area contributed by atoms with Crippen molar-refractivity contribution in [1.82, 2.24) is 19.7 Å². The van der Waals surface area contributed by atoms with Gasteiger partial charge in [0.25, 0.3) is 0 Å². The Kier molecular flexibility index (Phi) is 6.95. The average Bonchev–Trinajstić information content (AvgIpc) is 3.11. The number of carbonyl (C=O) groups excluding carboxylic acids is 1. The summed E-state index contributed by atoms with van der Waals surface area (Å²) in [7, 11) is 0. The number of carbonyl (C=O) groups is 1. The monoisotopic (exact) mass is 414 g/mol. The highest BCUT2D eigenvalue weighted by Gasteiger charge is 2.39. The molecule has 0 fully saturated rings. The summed E-state index contributed by atoms with van der Waals surface area (Å²) in [4.78, 5) is 13.7. The molecule has 0 atom stereocenters. The van der Waals surface area contributed by atoms with Crippen LogP contribution in [0.1, 0.15) is 35.6 Å². The number of halogens is 5. The first-order chi connectivity index (χ1) is 13.7. The maximum Gasteiger partial charge on any atom is 0.451 e. The lowest BCUT2D eigenvalue weighted by molar-refractivity contribution is -0.148. The first-order valence-corrected chi connectivity index (χ1v) is 8.71. The van der Waals surface area contributed by atoms with E-state index in [1.807, 2.05) is 0 Å². The van der Waals surface area contributed by atoms with Gasteiger partial charge < -0.3 is 9.47 Å². The molecule has 0 spiro atoms. The third-order valence-corrected chi connectivity index (χ3v) is 4.52. The largest absolute Gasteiger partial charge is 0.451 e. The zero-order valence-electron chi connectivity index (χ0n) is 15.6. The second-order valence-corrected chi connectivity index (χ2v) is 6.45. The van der Waals surface area contributed by atoms with Crippen LogP contribution in [-0.2, 0) is 30.5 Å². The maximum absolute atomic E-state index is 13.7. The molecule has 1 aromatic heterocycles. The summed E-state index contributed by atoms with van der Waals surface area (Å²) in [5.74, 6) is -2.51. The molecule has 1 aliphatic rings. The summed E-state index contributed by atoms with van der Waals surface area (Å²) in [5.41, 5.74) is 0.656.